The first-order valence-electron chi connectivity index (χ1n) is 26.1. The van der Waals surface area contributed by atoms with Gasteiger partial charge in [-0.15, -0.1) is 0 Å². The van der Waals surface area contributed by atoms with Gasteiger partial charge in [0, 0.05) is 12.8 Å². The Labute approximate surface area is 370 Å². The van der Waals surface area contributed by atoms with Crippen LogP contribution in [0.4, 0.5) is 0 Å². The van der Waals surface area contributed by atoms with Crippen molar-refractivity contribution in [2.45, 2.75) is 319 Å². The summed E-state index contributed by atoms with van der Waals surface area (Å²) in [4.78, 5) is 20.7. The van der Waals surface area contributed by atoms with Crippen LogP contribution < -0.4 is 0 Å². The third kappa shape index (κ3) is 70.6. The van der Waals surface area contributed by atoms with Gasteiger partial charge in [-0.25, -0.2) is 0 Å². The average molecular weight is 914 g/mol. The second-order valence-corrected chi connectivity index (χ2v) is 21.8. The normalized spacial score (nSPS) is 10.9. The average Bonchev–Trinajstić information content (AvgIpc) is 3.20. The van der Waals surface area contributed by atoms with E-state index in [0.29, 0.717) is 12.8 Å². The molecule has 57 heavy (non-hydrogen) atoms. The number of rotatable bonds is 46. The summed E-state index contributed by atoms with van der Waals surface area (Å²) in [5, 5.41) is 17.0. The second kappa shape index (κ2) is 60.0. The molecule has 0 spiro atoms. The van der Waals surface area contributed by atoms with Gasteiger partial charge in [0.25, 0.3) is 0 Å². The Kier molecular flexibility index (Phi) is 64.3. The van der Waals surface area contributed by atoms with Gasteiger partial charge in [0.05, 0.1) is 0 Å². The van der Waals surface area contributed by atoms with E-state index in [0.717, 1.165) is 25.7 Å². The molecule has 0 aromatic heterocycles. The van der Waals surface area contributed by atoms with Crippen molar-refractivity contribution in [3.63, 3.8) is 0 Å². The van der Waals surface area contributed by atoms with Gasteiger partial charge in [-0.3, -0.25) is 9.59 Å². The fourth-order valence-corrected chi connectivity index (χ4v) is 11.0. The first-order chi connectivity index (χ1) is 28.0. The summed E-state index contributed by atoms with van der Waals surface area (Å²) in [5.41, 5.74) is 0. The van der Waals surface area contributed by atoms with Crippen LogP contribution in [0, 0.1) is 0 Å². The van der Waals surface area contributed by atoms with Crippen molar-refractivity contribution in [3.05, 3.63) is 0 Å². The van der Waals surface area contributed by atoms with Crippen molar-refractivity contribution >= 4 is 33.1 Å². The molecule has 5 heteroatoms. The number of carboxylic acid groups (broad SMARTS) is 2. The monoisotopic (exact) mass is 915 g/mol. The molecule has 0 aromatic carbocycles. The van der Waals surface area contributed by atoms with Crippen LogP contribution in [0.1, 0.15) is 310 Å². The fraction of sp³-hybridized carbons (Fsp3) is 0.962. The molecule has 0 bridgehead atoms. The molecule has 0 rings (SSSR count). The molecule has 2 N–H and O–H groups in total. The van der Waals surface area contributed by atoms with Crippen LogP contribution in [0.5, 0.6) is 0 Å². The molecule has 0 atom stereocenters. The van der Waals surface area contributed by atoms with Gasteiger partial charge in [0.2, 0.25) is 0 Å². The Morgan fingerprint density at radius 3 is 0.596 bits per heavy atom. The zero-order valence-electron chi connectivity index (χ0n) is 39.7. The minimum atomic E-state index is -0.653. The van der Waals surface area contributed by atoms with Gasteiger partial charge in [0.15, 0.2) is 0 Å². The van der Waals surface area contributed by atoms with E-state index >= 15 is 0 Å². The number of hydrogen-bond donors (Lipinski definition) is 2. The fourth-order valence-electron chi connectivity index (χ4n) is 7.48. The van der Waals surface area contributed by atoms with E-state index < -0.39 is 11.9 Å². The molecule has 0 fully saturated rings. The zero-order valence-corrected chi connectivity index (χ0v) is 42.6. The molecule has 0 aliphatic carbocycles. The van der Waals surface area contributed by atoms with Crippen molar-refractivity contribution in [2.24, 2.45) is 0 Å². The van der Waals surface area contributed by atoms with Gasteiger partial charge in [-0.2, -0.15) is 0 Å². The SMILES string of the molecule is CCCCCCCCCCCCCCCCCC(=O)O.CCCCCCCCCCCCCCCCCC(=O)O.CCCCCCC[CH2][Sn][CH2]CCCCCCC. The van der Waals surface area contributed by atoms with Crippen molar-refractivity contribution in [2.75, 3.05) is 0 Å². The van der Waals surface area contributed by atoms with Crippen LogP contribution in [-0.2, 0) is 9.59 Å². The van der Waals surface area contributed by atoms with Crippen LogP contribution in [0.15, 0.2) is 0 Å². The molecule has 4 nitrogen and oxygen atoms in total. The summed E-state index contributed by atoms with van der Waals surface area (Å²) in [6.07, 6.45) is 58.2. The molecule has 0 saturated carbocycles. The molecule has 0 unspecified atom stereocenters. The van der Waals surface area contributed by atoms with Crippen LogP contribution in [-0.4, -0.2) is 43.3 Å². The predicted octanol–water partition coefficient (Wildman–Crippen LogP) is 18.9. The number of carboxylic acids is 2. The summed E-state index contributed by atoms with van der Waals surface area (Å²) in [7, 11) is 0. The van der Waals surface area contributed by atoms with Crippen LogP contribution >= 0.6 is 0 Å². The molecule has 0 aliphatic rings. The predicted molar refractivity (Wildman–Crippen MR) is 256 cm³/mol. The Morgan fingerprint density at radius 2 is 0.421 bits per heavy atom. The third-order valence-electron chi connectivity index (χ3n) is 11.4. The van der Waals surface area contributed by atoms with Gasteiger partial charge in [-0.1, -0.05) is 194 Å². The number of hydrogen-bond acceptors (Lipinski definition) is 2. The van der Waals surface area contributed by atoms with Gasteiger partial charge in [-0.05, 0) is 12.8 Å². The Hall–Kier alpha value is -0.261. The quantitative estimate of drug-likeness (QED) is 0.0471. The molecular formula is C52H106O4Sn. The van der Waals surface area contributed by atoms with E-state index in [2.05, 4.69) is 27.7 Å². The summed E-state index contributed by atoms with van der Waals surface area (Å²) in [6.45, 7) is 9.14. The standard InChI is InChI=1S/2C18H36O2.2C8H17.Sn/c2*1-2-3-4-5-6-7-8-9-10-11-12-13-14-15-16-17-18(19)20;2*1-3-5-7-8-6-4-2;/h2*2-17H2,1H3,(H,19,20);2*1,3-8H2,2H3;. The first kappa shape index (κ1) is 61.0. The minimum absolute atomic E-state index is 0.0736. The Balaban J connectivity index is -0.000000771. The second-order valence-electron chi connectivity index (χ2n) is 17.5. The van der Waals surface area contributed by atoms with Gasteiger partial charge >= 0.3 is 133 Å². The Bertz CT molecular complexity index is 656. The molecule has 2 radical (unpaired) electrons. The Morgan fingerprint density at radius 1 is 0.263 bits per heavy atom. The van der Waals surface area contributed by atoms with Crippen LogP contribution in [0.25, 0.3) is 0 Å². The maximum atomic E-state index is 10.3. The van der Waals surface area contributed by atoms with E-state index in [1.165, 1.54) is 231 Å². The number of unbranched alkanes of at least 4 members (excludes halogenated alkanes) is 38. The zero-order chi connectivity index (χ0) is 42.4. The summed E-state index contributed by atoms with van der Waals surface area (Å²) in [6, 6.07) is 0. The molecule has 0 heterocycles. The van der Waals surface area contributed by atoms with E-state index in [1.807, 2.05) is 0 Å². The van der Waals surface area contributed by atoms with E-state index in [4.69, 9.17) is 10.2 Å². The van der Waals surface area contributed by atoms with E-state index in [9.17, 15) is 9.59 Å². The number of carbonyl (C=O) groups is 2. The third-order valence-corrected chi connectivity index (χ3v) is 15.4. The van der Waals surface area contributed by atoms with E-state index in [-0.39, 0.29) is 21.1 Å². The molecule has 0 saturated heterocycles. The molecule has 0 aliphatic heterocycles. The topological polar surface area (TPSA) is 74.6 Å². The molecule has 342 valence electrons. The first-order valence-corrected chi connectivity index (χ1v) is 30.1. The van der Waals surface area contributed by atoms with E-state index in [1.54, 1.807) is 21.7 Å². The van der Waals surface area contributed by atoms with Gasteiger partial charge in [0.1, 0.15) is 0 Å². The van der Waals surface area contributed by atoms with Crippen molar-refractivity contribution in [1.82, 2.24) is 0 Å². The van der Waals surface area contributed by atoms with Crippen molar-refractivity contribution < 1.29 is 19.8 Å². The number of aliphatic carboxylic acids is 2. The summed E-state index contributed by atoms with van der Waals surface area (Å²) >= 11 is 0.0736. The maximum absolute atomic E-state index is 10.3. The molecule has 0 amide bonds. The van der Waals surface area contributed by atoms with Crippen molar-refractivity contribution in [1.29, 1.82) is 0 Å². The van der Waals surface area contributed by atoms with Crippen molar-refractivity contribution in [3.8, 4) is 0 Å². The van der Waals surface area contributed by atoms with Crippen LogP contribution in [0.3, 0.4) is 0 Å². The molecule has 0 aromatic rings. The van der Waals surface area contributed by atoms with Crippen LogP contribution in [0.2, 0.25) is 8.87 Å². The summed E-state index contributed by atoms with van der Waals surface area (Å²) < 4.78 is 3.31. The summed E-state index contributed by atoms with van der Waals surface area (Å²) in [5.74, 6) is -1.31. The van der Waals surface area contributed by atoms with Gasteiger partial charge < -0.3 is 10.2 Å². The molecular weight excluding hydrogens is 807 g/mol.